The SMILES string of the molecule is CCc1cnn(C=CC(C)(C)N=C=O)c1OCC(C)C. The Morgan fingerprint density at radius 3 is 2.80 bits per heavy atom. The van der Waals surface area contributed by atoms with Crippen LogP contribution in [0.1, 0.15) is 40.2 Å². The fourth-order valence-corrected chi connectivity index (χ4v) is 1.55. The summed E-state index contributed by atoms with van der Waals surface area (Å²) in [5.41, 5.74) is 0.460. The molecule has 0 saturated carbocycles. The summed E-state index contributed by atoms with van der Waals surface area (Å²) in [6.45, 7) is 10.6. The topological polar surface area (TPSA) is 56.5 Å². The van der Waals surface area contributed by atoms with Crippen LogP contribution in [-0.2, 0) is 11.2 Å². The second kappa shape index (κ2) is 7.06. The smallest absolute Gasteiger partial charge is 0.235 e. The maximum absolute atomic E-state index is 10.4. The van der Waals surface area contributed by atoms with E-state index in [-0.39, 0.29) is 0 Å². The van der Waals surface area contributed by atoms with Crippen LogP contribution in [0.4, 0.5) is 0 Å². The molecule has 0 aliphatic carbocycles. The van der Waals surface area contributed by atoms with Crippen molar-refractivity contribution < 1.29 is 9.53 Å². The third kappa shape index (κ3) is 4.67. The lowest BCUT2D eigenvalue weighted by Crippen LogP contribution is -2.13. The van der Waals surface area contributed by atoms with Crippen LogP contribution in [-0.4, -0.2) is 28.0 Å². The van der Waals surface area contributed by atoms with Gasteiger partial charge in [0.2, 0.25) is 12.0 Å². The van der Waals surface area contributed by atoms with Gasteiger partial charge in [-0.05, 0) is 32.3 Å². The highest BCUT2D eigenvalue weighted by Gasteiger charge is 2.14. The highest BCUT2D eigenvalue weighted by atomic mass is 16.5. The van der Waals surface area contributed by atoms with Crippen LogP contribution in [0, 0.1) is 5.92 Å². The number of rotatable bonds is 7. The lowest BCUT2D eigenvalue weighted by molar-refractivity contribution is 0.253. The Balaban J connectivity index is 2.97. The molecule has 1 heterocycles. The zero-order valence-electron chi connectivity index (χ0n) is 12.9. The van der Waals surface area contributed by atoms with Gasteiger partial charge in [-0.2, -0.15) is 10.1 Å². The molecule has 0 fully saturated rings. The first kappa shape index (κ1) is 16.2. The van der Waals surface area contributed by atoms with Gasteiger partial charge in [0.15, 0.2) is 0 Å². The molecule has 0 aliphatic rings. The van der Waals surface area contributed by atoms with Crippen molar-refractivity contribution in [3.05, 3.63) is 17.8 Å². The normalized spacial score (nSPS) is 11.9. The highest BCUT2D eigenvalue weighted by molar-refractivity contribution is 5.40. The number of hydrogen-bond acceptors (Lipinski definition) is 4. The number of nitrogens with zero attached hydrogens (tertiary/aromatic N) is 3. The fraction of sp³-hybridized carbons (Fsp3) is 0.600. The Kier molecular flexibility index (Phi) is 5.71. The van der Waals surface area contributed by atoms with Crippen LogP contribution >= 0.6 is 0 Å². The van der Waals surface area contributed by atoms with Gasteiger partial charge in [-0.3, -0.25) is 0 Å². The Hall–Kier alpha value is -1.87. The minimum Gasteiger partial charge on any atom is -0.477 e. The summed E-state index contributed by atoms with van der Waals surface area (Å²) in [6, 6.07) is 0. The van der Waals surface area contributed by atoms with E-state index in [0.29, 0.717) is 12.5 Å². The van der Waals surface area contributed by atoms with Crippen molar-refractivity contribution in [2.45, 2.75) is 46.6 Å². The quantitative estimate of drug-likeness (QED) is 0.568. The number of isocyanates is 1. The molecule has 0 radical (unpaired) electrons. The maximum atomic E-state index is 10.4. The number of ether oxygens (including phenoxy) is 1. The summed E-state index contributed by atoms with van der Waals surface area (Å²) in [5.74, 6) is 1.20. The average molecular weight is 277 g/mol. The Morgan fingerprint density at radius 1 is 1.55 bits per heavy atom. The summed E-state index contributed by atoms with van der Waals surface area (Å²) in [6.07, 6.45) is 7.81. The molecule has 20 heavy (non-hydrogen) atoms. The van der Waals surface area contributed by atoms with Gasteiger partial charge in [-0.15, -0.1) is 0 Å². The molecule has 0 spiro atoms. The van der Waals surface area contributed by atoms with E-state index in [4.69, 9.17) is 4.74 Å². The van der Waals surface area contributed by atoms with Crippen LogP contribution < -0.4 is 4.74 Å². The molecule has 5 heteroatoms. The third-order valence-electron chi connectivity index (χ3n) is 2.71. The van der Waals surface area contributed by atoms with Crippen molar-refractivity contribution in [2.24, 2.45) is 10.9 Å². The highest BCUT2D eigenvalue weighted by Crippen LogP contribution is 2.21. The van der Waals surface area contributed by atoms with E-state index in [1.807, 2.05) is 13.8 Å². The van der Waals surface area contributed by atoms with Crippen molar-refractivity contribution in [1.29, 1.82) is 0 Å². The average Bonchev–Trinajstić information content (AvgIpc) is 2.76. The molecule has 110 valence electrons. The number of aromatic nitrogens is 2. The van der Waals surface area contributed by atoms with E-state index in [0.717, 1.165) is 17.9 Å². The van der Waals surface area contributed by atoms with Gasteiger partial charge < -0.3 is 4.74 Å². The zero-order valence-corrected chi connectivity index (χ0v) is 12.9. The molecule has 0 unspecified atom stereocenters. The summed E-state index contributed by atoms with van der Waals surface area (Å²) in [7, 11) is 0. The second-order valence-electron chi connectivity index (χ2n) is 5.65. The lowest BCUT2D eigenvalue weighted by Gasteiger charge is -2.13. The number of carbonyl (C=O) groups excluding carboxylic acids is 1. The Bertz CT molecular complexity index is 509. The van der Waals surface area contributed by atoms with Crippen molar-refractivity contribution in [3.63, 3.8) is 0 Å². The summed E-state index contributed by atoms with van der Waals surface area (Å²) in [4.78, 5) is 14.1. The Labute approximate surface area is 120 Å². The minimum atomic E-state index is -0.602. The van der Waals surface area contributed by atoms with Crippen LogP contribution in [0.2, 0.25) is 0 Å². The van der Waals surface area contributed by atoms with E-state index < -0.39 is 5.54 Å². The largest absolute Gasteiger partial charge is 0.477 e. The van der Waals surface area contributed by atoms with Gasteiger partial charge in [0.25, 0.3) is 0 Å². The standard InChI is InChI=1S/C15H23N3O2/c1-6-13-9-17-18(14(13)20-10-12(2)3)8-7-15(4,5)16-11-19/h7-9,12H,6,10H2,1-5H3. The molecule has 0 aromatic carbocycles. The van der Waals surface area contributed by atoms with E-state index in [9.17, 15) is 4.79 Å². The van der Waals surface area contributed by atoms with Gasteiger partial charge in [-0.1, -0.05) is 20.8 Å². The van der Waals surface area contributed by atoms with Gasteiger partial charge >= 0.3 is 0 Å². The van der Waals surface area contributed by atoms with Gasteiger partial charge in [0.1, 0.15) is 0 Å². The third-order valence-corrected chi connectivity index (χ3v) is 2.71. The maximum Gasteiger partial charge on any atom is 0.235 e. The van der Waals surface area contributed by atoms with E-state index in [2.05, 4.69) is 30.9 Å². The van der Waals surface area contributed by atoms with Crippen molar-refractivity contribution in [2.75, 3.05) is 6.61 Å². The summed E-state index contributed by atoms with van der Waals surface area (Å²) in [5, 5.41) is 4.29. The van der Waals surface area contributed by atoms with E-state index >= 15 is 0 Å². The first-order valence-electron chi connectivity index (χ1n) is 6.87. The molecule has 0 saturated heterocycles. The molecular formula is C15H23N3O2. The number of hydrogen-bond donors (Lipinski definition) is 0. The van der Waals surface area contributed by atoms with Crippen molar-refractivity contribution in [3.8, 4) is 5.88 Å². The number of aliphatic imine (C=N–C) groups is 1. The predicted octanol–water partition coefficient (Wildman–Crippen LogP) is 3.07. The van der Waals surface area contributed by atoms with Crippen molar-refractivity contribution in [1.82, 2.24) is 9.78 Å². The van der Waals surface area contributed by atoms with E-state index in [1.54, 1.807) is 29.2 Å². The minimum absolute atomic E-state index is 0.447. The molecule has 0 N–H and O–H groups in total. The molecule has 0 bridgehead atoms. The van der Waals surface area contributed by atoms with Crippen LogP contribution in [0.5, 0.6) is 5.88 Å². The van der Waals surface area contributed by atoms with Crippen molar-refractivity contribution >= 4 is 12.3 Å². The van der Waals surface area contributed by atoms with Crippen LogP contribution in [0.3, 0.4) is 0 Å². The molecule has 1 aromatic rings. The second-order valence-corrected chi connectivity index (χ2v) is 5.65. The first-order valence-corrected chi connectivity index (χ1v) is 6.87. The monoisotopic (exact) mass is 277 g/mol. The first-order chi connectivity index (χ1) is 9.39. The van der Waals surface area contributed by atoms with Crippen LogP contribution in [0.15, 0.2) is 17.3 Å². The molecular weight excluding hydrogens is 254 g/mol. The van der Waals surface area contributed by atoms with Gasteiger partial charge in [0, 0.05) is 11.8 Å². The fourth-order valence-electron chi connectivity index (χ4n) is 1.55. The predicted molar refractivity (Wildman–Crippen MR) is 79.5 cm³/mol. The summed E-state index contributed by atoms with van der Waals surface area (Å²) >= 11 is 0. The molecule has 0 aliphatic heterocycles. The van der Waals surface area contributed by atoms with Crippen LogP contribution in [0.25, 0.3) is 6.20 Å². The molecule has 5 nitrogen and oxygen atoms in total. The molecule has 0 atom stereocenters. The van der Waals surface area contributed by atoms with Gasteiger partial charge in [-0.25, -0.2) is 9.48 Å². The molecule has 1 aromatic heterocycles. The zero-order chi connectivity index (χ0) is 15.2. The lowest BCUT2D eigenvalue weighted by atomic mass is 10.1. The molecule has 0 amide bonds. The summed E-state index contributed by atoms with van der Waals surface area (Å²) < 4.78 is 7.51. The number of aryl methyl sites for hydroxylation is 1. The van der Waals surface area contributed by atoms with Gasteiger partial charge in [0.05, 0.1) is 18.3 Å². The Morgan fingerprint density at radius 2 is 2.25 bits per heavy atom. The van der Waals surface area contributed by atoms with E-state index in [1.165, 1.54) is 0 Å². The molecule has 1 rings (SSSR count).